The summed E-state index contributed by atoms with van der Waals surface area (Å²) >= 11 is 0. The fourth-order valence-corrected chi connectivity index (χ4v) is 11.1. The molecule has 0 bridgehead atoms. The van der Waals surface area contributed by atoms with Gasteiger partial charge in [0.1, 0.15) is 134 Å². The van der Waals surface area contributed by atoms with Crippen LogP contribution in [0.1, 0.15) is 33.6 Å². The number of carboxylic acid groups (broad SMARTS) is 2. The van der Waals surface area contributed by atoms with Crippen molar-refractivity contribution in [2.45, 2.75) is 229 Å². The minimum atomic E-state index is -3.62. The van der Waals surface area contributed by atoms with Gasteiger partial charge < -0.3 is 175 Å². The third-order valence-corrected chi connectivity index (χ3v) is 15.6. The van der Waals surface area contributed by atoms with Gasteiger partial charge in [0.15, 0.2) is 25.2 Å². The number of aliphatic carboxylic acids is 2. The summed E-state index contributed by atoms with van der Waals surface area (Å²) in [6.45, 7) is -4.63. The van der Waals surface area contributed by atoms with Gasteiger partial charge in [-0.3, -0.25) is 14.4 Å². The fourth-order valence-electron chi connectivity index (χ4n) is 11.1. The van der Waals surface area contributed by atoms with Crippen molar-refractivity contribution in [1.82, 2.24) is 16.0 Å². The van der Waals surface area contributed by atoms with Gasteiger partial charge in [-0.2, -0.15) is 0 Å². The molecule has 6 aliphatic heterocycles. The summed E-state index contributed by atoms with van der Waals surface area (Å²) in [5, 5.41) is 235. The molecule has 32 atom stereocenters. The summed E-state index contributed by atoms with van der Waals surface area (Å²) < 4.78 is 63.3. The zero-order chi connectivity index (χ0) is 65.8. The monoisotopic (exact) mass is 1290 g/mol. The van der Waals surface area contributed by atoms with E-state index in [0.29, 0.717) is 0 Å². The molecule has 88 heavy (non-hydrogen) atoms. The molecular weight excluding hydrogens is 1210 g/mol. The van der Waals surface area contributed by atoms with Crippen molar-refractivity contribution in [1.29, 1.82) is 0 Å². The van der Waals surface area contributed by atoms with Crippen LogP contribution < -0.4 is 16.0 Å². The van der Waals surface area contributed by atoms with E-state index in [4.69, 9.17) is 52.1 Å². The van der Waals surface area contributed by atoms with Crippen molar-refractivity contribution in [2.24, 2.45) is 0 Å². The Morgan fingerprint density at radius 1 is 0.466 bits per heavy atom. The number of nitrogens with one attached hydrogen (secondary N) is 3. The number of carbonyl (C=O) groups is 5. The Balaban J connectivity index is 1.43. The number of carbonyl (C=O) groups excluding carboxylic acids is 3. The van der Waals surface area contributed by atoms with Gasteiger partial charge in [-0.1, -0.05) is 0 Å². The molecule has 0 aromatic heterocycles. The maximum atomic E-state index is 13.9. The van der Waals surface area contributed by atoms with E-state index in [1.807, 2.05) is 0 Å². The summed E-state index contributed by atoms with van der Waals surface area (Å²) in [7, 11) is 0. The molecule has 24 N–H and O–H groups in total. The molecule has 0 aromatic rings. The number of carboxylic acids is 2. The third kappa shape index (κ3) is 15.6. The number of ether oxygens (including phenoxy) is 11. The molecule has 508 valence electrons. The van der Waals surface area contributed by atoms with Gasteiger partial charge in [-0.05, 0) is 0 Å². The molecule has 6 heterocycles. The van der Waals surface area contributed by atoms with Gasteiger partial charge in [0, 0.05) is 33.6 Å². The molecule has 3 amide bonds. The third-order valence-electron chi connectivity index (χ3n) is 15.6. The second-order valence-corrected chi connectivity index (χ2v) is 21.8. The van der Waals surface area contributed by atoms with Crippen molar-refractivity contribution < 1.29 is 183 Å². The Bertz CT molecular complexity index is 2320. The van der Waals surface area contributed by atoms with Gasteiger partial charge in [-0.25, -0.2) is 9.59 Å². The lowest BCUT2D eigenvalue weighted by Gasteiger charge is -2.53. The van der Waals surface area contributed by atoms with E-state index in [1.165, 1.54) is 0 Å². The average Bonchev–Trinajstić information content (AvgIpc) is 0.787. The molecular formula is C48H79N3O37. The molecule has 40 nitrogen and oxygen atoms in total. The lowest BCUT2D eigenvalue weighted by Crippen LogP contribution is -2.72. The van der Waals surface area contributed by atoms with Crippen LogP contribution in [0, 0.1) is 0 Å². The van der Waals surface area contributed by atoms with Gasteiger partial charge in [-0.15, -0.1) is 0 Å². The molecule has 0 saturated carbocycles. The van der Waals surface area contributed by atoms with Gasteiger partial charge in [0.2, 0.25) is 17.7 Å². The molecule has 0 aliphatic carbocycles. The van der Waals surface area contributed by atoms with E-state index in [-0.39, 0.29) is 0 Å². The first-order valence-corrected chi connectivity index (χ1v) is 27.4. The molecule has 6 saturated heterocycles. The van der Waals surface area contributed by atoms with Crippen LogP contribution in [0.4, 0.5) is 0 Å². The van der Waals surface area contributed by atoms with E-state index in [2.05, 4.69) is 16.0 Å². The van der Waals surface area contributed by atoms with Gasteiger partial charge >= 0.3 is 11.9 Å². The summed E-state index contributed by atoms with van der Waals surface area (Å²) in [5.41, 5.74) is 0. The topological polar surface area (TPSA) is 648 Å². The first-order valence-electron chi connectivity index (χ1n) is 27.4. The van der Waals surface area contributed by atoms with Gasteiger partial charge in [0.25, 0.3) is 11.6 Å². The van der Waals surface area contributed by atoms with E-state index >= 15 is 0 Å². The minimum absolute atomic E-state index is 0.856. The predicted molar refractivity (Wildman–Crippen MR) is 268 cm³/mol. The highest BCUT2D eigenvalue weighted by atomic mass is 16.8. The molecule has 6 fully saturated rings. The van der Waals surface area contributed by atoms with Crippen LogP contribution in [-0.2, 0) is 76.1 Å². The summed E-state index contributed by atoms with van der Waals surface area (Å²) in [6, 6.07) is -5.84. The van der Waals surface area contributed by atoms with Crippen LogP contribution >= 0.6 is 0 Å². The van der Waals surface area contributed by atoms with Crippen molar-refractivity contribution in [3.05, 3.63) is 0 Å². The van der Waals surface area contributed by atoms with Crippen molar-refractivity contribution in [2.75, 3.05) is 39.6 Å². The predicted octanol–water partition coefficient (Wildman–Crippen LogP) is -15.3. The quantitative estimate of drug-likeness (QED) is 0.0404. The highest BCUT2D eigenvalue weighted by Crippen LogP contribution is 2.42. The molecule has 0 unspecified atom stereocenters. The Kier molecular flexibility index (Phi) is 25.6. The van der Waals surface area contributed by atoms with Crippen LogP contribution in [0.3, 0.4) is 0 Å². The average molecular weight is 1290 g/mol. The highest BCUT2D eigenvalue weighted by molar-refractivity contribution is 5.77. The fraction of sp³-hybridized carbons (Fsp3) is 0.896. The number of amides is 3. The van der Waals surface area contributed by atoms with Crippen LogP contribution in [0.2, 0.25) is 0 Å². The molecule has 0 aromatic carbocycles. The van der Waals surface area contributed by atoms with Crippen LogP contribution in [0.25, 0.3) is 0 Å². The first kappa shape index (κ1) is 73.2. The van der Waals surface area contributed by atoms with Crippen LogP contribution in [-0.4, -0.2) is 372 Å². The van der Waals surface area contributed by atoms with Crippen molar-refractivity contribution in [3.8, 4) is 0 Å². The van der Waals surface area contributed by atoms with E-state index in [9.17, 15) is 131 Å². The zero-order valence-electron chi connectivity index (χ0n) is 46.9. The van der Waals surface area contributed by atoms with E-state index in [1.54, 1.807) is 0 Å². The number of aliphatic hydroxyl groups excluding tert-OH is 19. The molecule has 0 radical (unpaired) electrons. The number of aliphatic hydroxyl groups is 19. The lowest BCUT2D eigenvalue weighted by atomic mass is 9.87. The number of rotatable bonds is 25. The number of hydrogen-bond donors (Lipinski definition) is 24. The second kappa shape index (κ2) is 30.7. The molecule has 6 rings (SSSR count). The Labute approximate surface area is 496 Å². The maximum Gasteiger partial charge on any atom is 0.364 e. The van der Waals surface area contributed by atoms with Crippen molar-refractivity contribution >= 4 is 29.7 Å². The largest absolute Gasteiger partial charge is 0.477 e. The SMILES string of the molecule is CC(=O)N[C@H]1[C@H](O[C@@H]2[C@H](O[C@]3(C(=O)O)C[C@H](O)[C@@H](NC(C)=O)[C@H]([C@H](O)[C@@H](CO)O[C@]4(C(=O)O)C[C@H](O)[C@@H](NC(C)=O)[C@H]([C@H](O)[C@H](O)CO)O4)O3)[C@@H](O)[C@H](O[C@H]3[C@H](O)[C@@H](O)[C@H](O)O[C@@H]3CO)O[C@@H]2CO)O[C@H](CO)[C@H](O[C@@H]2O[C@H](CO)[C@H](O)[C@H](O)[C@H]2O)[C@@H]1O. The summed E-state index contributed by atoms with van der Waals surface area (Å²) in [4.78, 5) is 64.9. The zero-order valence-corrected chi connectivity index (χ0v) is 46.9. The molecule has 40 heteroatoms. The Morgan fingerprint density at radius 3 is 1.40 bits per heavy atom. The summed E-state index contributed by atoms with van der Waals surface area (Å²) in [5.74, 6) is -14.4. The number of hydrogen-bond acceptors (Lipinski definition) is 35. The normalized spacial score (nSPS) is 44.6. The highest BCUT2D eigenvalue weighted by Gasteiger charge is 2.64. The Morgan fingerprint density at radius 2 is 0.898 bits per heavy atom. The maximum absolute atomic E-state index is 13.9. The Hall–Kier alpha value is -3.85. The van der Waals surface area contributed by atoms with Crippen molar-refractivity contribution in [3.63, 3.8) is 0 Å². The molecule has 0 spiro atoms. The summed E-state index contributed by atoms with van der Waals surface area (Å²) in [6.07, 6.45) is -62.2. The minimum Gasteiger partial charge on any atom is -0.477 e. The van der Waals surface area contributed by atoms with E-state index < -0.39 is 277 Å². The van der Waals surface area contributed by atoms with E-state index in [0.717, 1.165) is 20.8 Å². The standard InChI is InChI=1S/C48H79N3O37/c1-12(58)49-23-15(61)4-47(45(74)75,86-38(23)26(64)17(63)6-52)85-19(8-54)28(66)39-24(50-13(2)59)16(62)5-48(87-39,46(76)77)88-40-34(72)44(83-36-20(9-55)78-41(73)32(70)31(36)69)81-22(11-57)37(40)84-42-25(51-14(3)60)29(67)35(21(10-56)80-42)82-43-33(71)30(68)27(65)18(7-53)79-43/h15-44,52-57,61-73H,4-11H2,1-3H3,(H,49,58)(H,50,59)(H,51,60)(H,74,75)(H,76,77)/t15-,16-,17+,18+,19+,20+,21+,22+,23+,24+,25+,26+,27-,28+,29+,30-,31+,32+,33+,34+,35-,36+,37-,38+,39+,40+,41+,42-,43-,44-,47+,48-/m0/s1. The first-order chi connectivity index (χ1) is 41.3. The van der Waals surface area contributed by atoms with Crippen LogP contribution in [0.15, 0.2) is 0 Å². The van der Waals surface area contributed by atoms with Gasteiger partial charge in [0.05, 0.1) is 63.9 Å². The second-order valence-electron chi connectivity index (χ2n) is 21.8. The smallest absolute Gasteiger partial charge is 0.364 e. The molecule has 6 aliphatic rings. The lowest BCUT2D eigenvalue weighted by molar-refractivity contribution is -0.403. The van der Waals surface area contributed by atoms with Crippen LogP contribution in [0.5, 0.6) is 0 Å².